The normalized spacial score (nSPS) is 10.8. The molecule has 0 aliphatic carbocycles. The summed E-state index contributed by atoms with van der Waals surface area (Å²) in [6.45, 7) is 0. The Morgan fingerprint density at radius 3 is 2.52 bits per heavy atom. The van der Waals surface area contributed by atoms with Gasteiger partial charge < -0.3 is 9.73 Å². The molecule has 0 atom stereocenters. The van der Waals surface area contributed by atoms with Crippen molar-refractivity contribution in [1.29, 1.82) is 0 Å². The van der Waals surface area contributed by atoms with E-state index in [4.69, 9.17) is 16.0 Å². The van der Waals surface area contributed by atoms with Gasteiger partial charge in [0.1, 0.15) is 5.52 Å². The highest BCUT2D eigenvalue weighted by atomic mass is 35.5. The number of carbonyl (C=O) groups excluding carboxylic acids is 1. The van der Waals surface area contributed by atoms with E-state index in [0.717, 1.165) is 5.56 Å². The maximum absolute atomic E-state index is 12.2. The minimum Gasteiger partial charge on any atom is -0.436 e. The number of benzene rings is 2. The molecule has 4 rings (SSSR count). The molecule has 2 heterocycles. The summed E-state index contributed by atoms with van der Waals surface area (Å²) in [5.41, 5.74) is 3.33. The standard InChI is InChI=1S/C19H12ClN3O2/c20-14-3-1-13(2-4-14)19-23-16-11-15(5-6-17(16)25-19)22-18(24)12-7-9-21-10-8-12/h1-11H,(H,22,24). The molecule has 0 radical (unpaired) electrons. The zero-order chi connectivity index (χ0) is 17.2. The molecule has 2 aromatic carbocycles. The fourth-order valence-corrected chi connectivity index (χ4v) is 2.55. The molecule has 0 aliphatic heterocycles. The number of halogens is 1. The molecule has 0 spiro atoms. The monoisotopic (exact) mass is 349 g/mol. The van der Waals surface area contributed by atoms with Gasteiger partial charge in [-0.1, -0.05) is 11.6 Å². The van der Waals surface area contributed by atoms with E-state index in [-0.39, 0.29) is 5.91 Å². The molecule has 4 aromatic rings. The Bertz CT molecular complexity index is 1040. The maximum atomic E-state index is 12.2. The van der Waals surface area contributed by atoms with E-state index in [2.05, 4.69) is 15.3 Å². The largest absolute Gasteiger partial charge is 0.436 e. The van der Waals surface area contributed by atoms with Gasteiger partial charge in [0.25, 0.3) is 5.91 Å². The van der Waals surface area contributed by atoms with Gasteiger partial charge in [0.05, 0.1) is 0 Å². The number of hydrogen-bond acceptors (Lipinski definition) is 4. The Labute approximate surface area is 148 Å². The maximum Gasteiger partial charge on any atom is 0.255 e. The Morgan fingerprint density at radius 1 is 1.00 bits per heavy atom. The van der Waals surface area contributed by atoms with Crippen LogP contribution < -0.4 is 5.32 Å². The van der Waals surface area contributed by atoms with E-state index in [0.29, 0.717) is 33.3 Å². The van der Waals surface area contributed by atoms with Crippen LogP contribution in [0.15, 0.2) is 71.4 Å². The van der Waals surface area contributed by atoms with Gasteiger partial charge in [-0.05, 0) is 54.6 Å². The quantitative estimate of drug-likeness (QED) is 0.577. The second-order valence-electron chi connectivity index (χ2n) is 5.40. The van der Waals surface area contributed by atoms with Crippen LogP contribution in [0, 0.1) is 0 Å². The van der Waals surface area contributed by atoms with E-state index >= 15 is 0 Å². The summed E-state index contributed by atoms with van der Waals surface area (Å²) >= 11 is 5.90. The van der Waals surface area contributed by atoms with Gasteiger partial charge in [-0.2, -0.15) is 0 Å². The van der Waals surface area contributed by atoms with Crippen LogP contribution in [-0.2, 0) is 0 Å². The Morgan fingerprint density at radius 2 is 1.76 bits per heavy atom. The first kappa shape index (κ1) is 15.4. The zero-order valence-electron chi connectivity index (χ0n) is 12.9. The lowest BCUT2D eigenvalue weighted by molar-refractivity contribution is 0.102. The minimum absolute atomic E-state index is 0.205. The molecule has 0 saturated carbocycles. The number of pyridine rings is 1. The van der Waals surface area contributed by atoms with E-state index in [1.54, 1.807) is 54.9 Å². The number of amides is 1. The van der Waals surface area contributed by atoms with Crippen LogP contribution in [0.1, 0.15) is 10.4 Å². The van der Waals surface area contributed by atoms with Crippen molar-refractivity contribution in [3.8, 4) is 11.5 Å². The topological polar surface area (TPSA) is 68.0 Å². The predicted octanol–water partition coefficient (Wildman–Crippen LogP) is 4.80. The molecule has 0 fully saturated rings. The molecule has 6 heteroatoms. The lowest BCUT2D eigenvalue weighted by Gasteiger charge is -2.04. The number of hydrogen-bond donors (Lipinski definition) is 1. The van der Waals surface area contributed by atoms with Crippen LogP contribution in [0.2, 0.25) is 5.02 Å². The zero-order valence-corrected chi connectivity index (χ0v) is 13.7. The van der Waals surface area contributed by atoms with E-state index in [1.807, 2.05) is 12.1 Å². The van der Waals surface area contributed by atoms with Crippen molar-refractivity contribution < 1.29 is 9.21 Å². The summed E-state index contributed by atoms with van der Waals surface area (Å²) in [6, 6.07) is 15.9. The van der Waals surface area contributed by atoms with Crippen molar-refractivity contribution in [2.24, 2.45) is 0 Å². The van der Waals surface area contributed by atoms with Crippen LogP contribution in [0.3, 0.4) is 0 Å². The molecule has 122 valence electrons. The van der Waals surface area contributed by atoms with Crippen molar-refractivity contribution in [3.63, 3.8) is 0 Å². The molecule has 0 bridgehead atoms. The lowest BCUT2D eigenvalue weighted by Crippen LogP contribution is -2.11. The molecule has 25 heavy (non-hydrogen) atoms. The molecule has 0 saturated heterocycles. The predicted molar refractivity (Wildman–Crippen MR) is 96.6 cm³/mol. The first-order valence-corrected chi connectivity index (χ1v) is 7.95. The fourth-order valence-electron chi connectivity index (χ4n) is 2.43. The van der Waals surface area contributed by atoms with Crippen molar-refractivity contribution in [2.45, 2.75) is 0 Å². The summed E-state index contributed by atoms with van der Waals surface area (Å²) in [6.07, 6.45) is 3.16. The molecule has 1 amide bonds. The fraction of sp³-hybridized carbons (Fsp3) is 0. The molecular weight excluding hydrogens is 338 g/mol. The van der Waals surface area contributed by atoms with Gasteiger partial charge >= 0.3 is 0 Å². The number of nitrogens with one attached hydrogen (secondary N) is 1. The number of fused-ring (bicyclic) bond motifs is 1. The van der Waals surface area contributed by atoms with E-state index in [1.165, 1.54) is 0 Å². The molecule has 0 unspecified atom stereocenters. The first-order valence-electron chi connectivity index (χ1n) is 7.57. The second-order valence-corrected chi connectivity index (χ2v) is 5.83. The lowest BCUT2D eigenvalue weighted by atomic mass is 10.2. The number of rotatable bonds is 3. The summed E-state index contributed by atoms with van der Waals surface area (Å²) in [5.74, 6) is 0.299. The van der Waals surface area contributed by atoms with Crippen LogP contribution >= 0.6 is 11.6 Å². The van der Waals surface area contributed by atoms with E-state index in [9.17, 15) is 4.79 Å². The van der Waals surface area contributed by atoms with Crippen LogP contribution in [0.4, 0.5) is 5.69 Å². The van der Waals surface area contributed by atoms with Crippen LogP contribution in [0.25, 0.3) is 22.6 Å². The van der Waals surface area contributed by atoms with Crippen LogP contribution in [-0.4, -0.2) is 15.9 Å². The highest BCUT2D eigenvalue weighted by Crippen LogP contribution is 2.27. The Kier molecular flexibility index (Phi) is 3.91. The number of oxazole rings is 1. The summed E-state index contributed by atoms with van der Waals surface area (Å²) in [7, 11) is 0. The van der Waals surface area contributed by atoms with Gasteiger partial charge in [0, 0.05) is 34.2 Å². The minimum atomic E-state index is -0.205. The number of anilines is 1. The third-order valence-corrected chi connectivity index (χ3v) is 3.93. The third-order valence-electron chi connectivity index (χ3n) is 3.68. The number of carbonyl (C=O) groups is 1. The van der Waals surface area contributed by atoms with Crippen molar-refractivity contribution in [3.05, 3.63) is 77.6 Å². The third kappa shape index (κ3) is 3.22. The van der Waals surface area contributed by atoms with Gasteiger partial charge in [-0.25, -0.2) is 4.98 Å². The average molecular weight is 350 g/mol. The van der Waals surface area contributed by atoms with Gasteiger partial charge in [-0.15, -0.1) is 0 Å². The molecule has 0 aliphatic rings. The summed E-state index contributed by atoms with van der Waals surface area (Å²) in [5, 5.41) is 3.49. The first-order chi connectivity index (χ1) is 12.2. The summed E-state index contributed by atoms with van der Waals surface area (Å²) < 4.78 is 5.76. The highest BCUT2D eigenvalue weighted by molar-refractivity contribution is 6.30. The van der Waals surface area contributed by atoms with Crippen molar-refractivity contribution in [2.75, 3.05) is 5.32 Å². The van der Waals surface area contributed by atoms with Gasteiger partial charge in [0.15, 0.2) is 5.58 Å². The van der Waals surface area contributed by atoms with Crippen molar-refractivity contribution >= 4 is 34.3 Å². The SMILES string of the molecule is O=C(Nc1ccc2oc(-c3ccc(Cl)cc3)nc2c1)c1ccncc1. The summed E-state index contributed by atoms with van der Waals surface area (Å²) in [4.78, 5) is 20.6. The van der Waals surface area contributed by atoms with Gasteiger partial charge in [0.2, 0.25) is 5.89 Å². The van der Waals surface area contributed by atoms with Crippen LogP contribution in [0.5, 0.6) is 0 Å². The Hall–Kier alpha value is -3.18. The average Bonchev–Trinajstić information content (AvgIpc) is 3.06. The second kappa shape index (κ2) is 6.37. The molecule has 5 nitrogen and oxygen atoms in total. The Balaban J connectivity index is 1.62. The van der Waals surface area contributed by atoms with E-state index < -0.39 is 0 Å². The number of nitrogens with zero attached hydrogens (tertiary/aromatic N) is 2. The highest BCUT2D eigenvalue weighted by Gasteiger charge is 2.11. The van der Waals surface area contributed by atoms with Crippen molar-refractivity contribution in [1.82, 2.24) is 9.97 Å². The van der Waals surface area contributed by atoms with Gasteiger partial charge in [-0.3, -0.25) is 9.78 Å². The molecule has 1 N–H and O–H groups in total. The smallest absolute Gasteiger partial charge is 0.255 e. The molecular formula is C19H12ClN3O2. The molecule has 2 aromatic heterocycles. The number of aromatic nitrogens is 2.